The van der Waals surface area contributed by atoms with Crippen molar-refractivity contribution >= 4 is 23.3 Å². The Hall–Kier alpha value is -4.15. The van der Waals surface area contributed by atoms with Crippen molar-refractivity contribution in [3.8, 4) is 17.1 Å². The van der Waals surface area contributed by atoms with Crippen LogP contribution in [-0.2, 0) is 7.05 Å². The fourth-order valence-corrected chi connectivity index (χ4v) is 2.91. The van der Waals surface area contributed by atoms with Crippen LogP contribution in [0.25, 0.3) is 11.4 Å². The molecule has 11 heteroatoms. The molecule has 0 aliphatic carbocycles. The van der Waals surface area contributed by atoms with Gasteiger partial charge in [0.1, 0.15) is 35.9 Å². The molecule has 4 rings (SSSR count). The number of hydrogen-bond donors (Lipinski definition) is 2. The molecule has 152 valence electrons. The van der Waals surface area contributed by atoms with Crippen molar-refractivity contribution < 1.29 is 4.74 Å². The van der Waals surface area contributed by atoms with Crippen LogP contribution < -0.4 is 15.4 Å². The van der Waals surface area contributed by atoms with E-state index in [0.29, 0.717) is 40.7 Å². The van der Waals surface area contributed by atoms with Crippen LogP contribution in [0.4, 0.5) is 23.3 Å². The molecule has 0 saturated heterocycles. The van der Waals surface area contributed by atoms with Crippen LogP contribution >= 0.6 is 0 Å². The number of pyridine rings is 1. The van der Waals surface area contributed by atoms with Crippen molar-refractivity contribution in [2.75, 3.05) is 17.7 Å². The van der Waals surface area contributed by atoms with E-state index in [9.17, 15) is 0 Å². The van der Waals surface area contributed by atoms with Crippen LogP contribution in [0.1, 0.15) is 11.5 Å². The fraction of sp³-hybridized carbons (Fsp3) is 0.211. The summed E-state index contributed by atoms with van der Waals surface area (Å²) >= 11 is 0. The van der Waals surface area contributed by atoms with E-state index in [4.69, 9.17) is 4.74 Å². The Morgan fingerprint density at radius 3 is 2.43 bits per heavy atom. The molecule has 0 unspecified atom stereocenters. The Kier molecular flexibility index (Phi) is 5.16. The molecule has 2 N–H and O–H groups in total. The highest BCUT2D eigenvalue weighted by atomic mass is 16.5. The molecule has 0 atom stereocenters. The molecule has 4 aromatic rings. The van der Waals surface area contributed by atoms with Crippen molar-refractivity contribution in [1.29, 1.82) is 0 Å². The van der Waals surface area contributed by atoms with Gasteiger partial charge < -0.3 is 15.4 Å². The zero-order valence-electron chi connectivity index (χ0n) is 17.0. The van der Waals surface area contributed by atoms with Gasteiger partial charge in [-0.05, 0) is 19.9 Å². The standard InChI is InChI=1S/C19H20N10O/c1-11-7-16(25-12(2)24-11)26-14-8-15(22-9-21-14)27-19-17(30-4)13(5-6-20-19)18-23-10-29(3)28-18/h5-10H,1-4H3,(H2,20,21,22,24,25,26,27). The third-order valence-corrected chi connectivity index (χ3v) is 4.08. The van der Waals surface area contributed by atoms with Gasteiger partial charge in [-0.3, -0.25) is 4.68 Å². The lowest BCUT2D eigenvalue weighted by atomic mass is 10.2. The molecule has 0 aromatic carbocycles. The third kappa shape index (κ3) is 4.14. The lowest BCUT2D eigenvalue weighted by Crippen LogP contribution is -2.04. The first-order chi connectivity index (χ1) is 14.5. The highest BCUT2D eigenvalue weighted by Crippen LogP contribution is 2.34. The SMILES string of the molecule is COc1c(-c2ncn(C)n2)ccnc1Nc1cc(Nc2cc(C)nc(C)n2)ncn1. The van der Waals surface area contributed by atoms with Crippen molar-refractivity contribution in [2.45, 2.75) is 13.8 Å². The van der Waals surface area contributed by atoms with Crippen LogP contribution in [-0.4, -0.2) is 46.8 Å². The fourth-order valence-electron chi connectivity index (χ4n) is 2.91. The summed E-state index contributed by atoms with van der Waals surface area (Å²) in [5.74, 6) is 3.99. The maximum absolute atomic E-state index is 5.57. The second kappa shape index (κ2) is 8.07. The molecule has 4 aromatic heterocycles. The summed E-state index contributed by atoms with van der Waals surface area (Å²) in [5.41, 5.74) is 1.58. The van der Waals surface area contributed by atoms with Crippen LogP contribution in [0.15, 0.2) is 37.1 Å². The van der Waals surface area contributed by atoms with Gasteiger partial charge in [0.25, 0.3) is 0 Å². The Bertz CT molecular complexity index is 1170. The number of anilines is 4. The quantitative estimate of drug-likeness (QED) is 0.494. The summed E-state index contributed by atoms with van der Waals surface area (Å²) in [4.78, 5) is 25.8. The first-order valence-corrected chi connectivity index (χ1v) is 9.09. The van der Waals surface area contributed by atoms with Gasteiger partial charge in [0, 0.05) is 31.1 Å². The van der Waals surface area contributed by atoms with Crippen molar-refractivity contribution in [2.24, 2.45) is 7.05 Å². The monoisotopic (exact) mass is 404 g/mol. The summed E-state index contributed by atoms with van der Waals surface area (Å²) in [5, 5.41) is 10.7. The minimum atomic E-state index is 0.487. The number of nitrogens with zero attached hydrogens (tertiary/aromatic N) is 8. The van der Waals surface area contributed by atoms with E-state index in [0.717, 1.165) is 11.3 Å². The summed E-state index contributed by atoms with van der Waals surface area (Å²) in [6, 6.07) is 5.39. The van der Waals surface area contributed by atoms with E-state index in [1.54, 1.807) is 43.5 Å². The maximum atomic E-state index is 5.57. The average molecular weight is 404 g/mol. The van der Waals surface area contributed by atoms with E-state index < -0.39 is 0 Å². The van der Waals surface area contributed by atoms with Crippen LogP contribution in [0.2, 0.25) is 0 Å². The molecule has 0 saturated carbocycles. The zero-order chi connectivity index (χ0) is 21.1. The number of aromatic nitrogens is 8. The first-order valence-electron chi connectivity index (χ1n) is 9.09. The van der Waals surface area contributed by atoms with Gasteiger partial charge in [-0.1, -0.05) is 0 Å². The minimum Gasteiger partial charge on any atom is -0.492 e. The van der Waals surface area contributed by atoms with Gasteiger partial charge in [-0.2, -0.15) is 5.10 Å². The van der Waals surface area contributed by atoms with Crippen molar-refractivity contribution in [1.82, 2.24) is 39.7 Å². The minimum absolute atomic E-state index is 0.487. The predicted molar refractivity (Wildman–Crippen MR) is 111 cm³/mol. The lowest BCUT2D eigenvalue weighted by molar-refractivity contribution is 0.416. The zero-order valence-corrected chi connectivity index (χ0v) is 17.0. The Balaban J connectivity index is 1.61. The molecule has 4 heterocycles. The lowest BCUT2D eigenvalue weighted by Gasteiger charge is -2.13. The van der Waals surface area contributed by atoms with Crippen LogP contribution in [0, 0.1) is 13.8 Å². The molecule has 30 heavy (non-hydrogen) atoms. The summed E-state index contributed by atoms with van der Waals surface area (Å²) in [7, 11) is 3.38. The second-order valence-electron chi connectivity index (χ2n) is 6.46. The third-order valence-electron chi connectivity index (χ3n) is 4.08. The molecular formula is C19H20N10O. The molecule has 0 fully saturated rings. The maximum Gasteiger partial charge on any atom is 0.185 e. The smallest absolute Gasteiger partial charge is 0.185 e. The van der Waals surface area contributed by atoms with E-state index in [1.807, 2.05) is 19.9 Å². The number of nitrogens with one attached hydrogen (secondary N) is 2. The van der Waals surface area contributed by atoms with Gasteiger partial charge in [-0.15, -0.1) is 0 Å². The van der Waals surface area contributed by atoms with Crippen molar-refractivity contribution in [3.63, 3.8) is 0 Å². The highest BCUT2D eigenvalue weighted by Gasteiger charge is 2.16. The average Bonchev–Trinajstić information content (AvgIpc) is 3.13. The van der Waals surface area contributed by atoms with Crippen LogP contribution in [0.5, 0.6) is 5.75 Å². The number of hydrogen-bond acceptors (Lipinski definition) is 10. The van der Waals surface area contributed by atoms with Gasteiger partial charge >= 0.3 is 0 Å². The van der Waals surface area contributed by atoms with Crippen LogP contribution in [0.3, 0.4) is 0 Å². The van der Waals surface area contributed by atoms with E-state index in [-0.39, 0.29) is 0 Å². The molecule has 0 aliphatic rings. The molecule has 11 nitrogen and oxygen atoms in total. The first kappa shape index (κ1) is 19.2. The number of rotatable bonds is 6. The molecule has 0 radical (unpaired) electrons. The van der Waals surface area contributed by atoms with Gasteiger partial charge in [-0.25, -0.2) is 29.9 Å². The second-order valence-corrected chi connectivity index (χ2v) is 6.46. The van der Waals surface area contributed by atoms with Gasteiger partial charge in [0.2, 0.25) is 0 Å². The Morgan fingerprint density at radius 1 is 0.933 bits per heavy atom. The number of methoxy groups -OCH3 is 1. The summed E-state index contributed by atoms with van der Waals surface area (Å²) in [6.45, 7) is 3.75. The van der Waals surface area contributed by atoms with Crippen molar-refractivity contribution in [3.05, 3.63) is 48.6 Å². The summed E-state index contributed by atoms with van der Waals surface area (Å²) in [6.07, 6.45) is 4.73. The molecule has 0 aliphatic heterocycles. The molecule has 0 spiro atoms. The topological polar surface area (TPSA) is 128 Å². The number of ether oxygens (including phenoxy) is 1. The van der Waals surface area contributed by atoms with E-state index in [1.165, 1.54) is 6.33 Å². The van der Waals surface area contributed by atoms with E-state index >= 15 is 0 Å². The summed E-state index contributed by atoms with van der Waals surface area (Å²) < 4.78 is 7.20. The molecular weight excluding hydrogens is 384 g/mol. The highest BCUT2D eigenvalue weighted by molar-refractivity contribution is 5.74. The predicted octanol–water partition coefficient (Wildman–Crippen LogP) is 2.57. The number of aryl methyl sites for hydroxylation is 3. The van der Waals surface area contributed by atoms with E-state index in [2.05, 4.69) is 45.6 Å². The van der Waals surface area contributed by atoms with Gasteiger partial charge in [0.15, 0.2) is 17.4 Å². The largest absolute Gasteiger partial charge is 0.492 e. The Morgan fingerprint density at radius 2 is 1.73 bits per heavy atom. The molecule has 0 amide bonds. The normalized spacial score (nSPS) is 10.7. The Labute approximate surface area is 172 Å². The molecule has 0 bridgehead atoms. The van der Waals surface area contributed by atoms with Gasteiger partial charge in [0.05, 0.1) is 12.7 Å².